The highest BCUT2D eigenvalue weighted by Gasteiger charge is 2.24. The second-order valence-electron chi connectivity index (χ2n) is 10.7. The Morgan fingerprint density at radius 1 is 0.875 bits per heavy atom. The van der Waals surface area contributed by atoms with Crippen molar-refractivity contribution in [2.75, 3.05) is 25.1 Å². The first kappa shape index (κ1) is 24.6. The predicted octanol–water partition coefficient (Wildman–Crippen LogP) is 5.53. The number of H-pyrrole nitrogens is 1. The highest BCUT2D eigenvalue weighted by molar-refractivity contribution is 5.74. The van der Waals surface area contributed by atoms with Crippen LogP contribution in [0.1, 0.15) is 41.9 Å². The van der Waals surface area contributed by atoms with E-state index in [1.807, 2.05) is 24.3 Å². The van der Waals surface area contributed by atoms with Crippen molar-refractivity contribution in [3.63, 3.8) is 0 Å². The number of benzene rings is 4. The molecule has 1 N–H and O–H groups in total. The standard InChI is InChI=1S/C34H33N5O/c1-40-29-15-16-30-27(21-29)23-39(28-7-3-2-4-8-28)34(37-30)26-13-11-24(12-14-26)22-38-19-17-25(18-20-38)33-35-31-9-5-6-10-32(31)36-33/h2-16,21,23,25,34H,17-20,22H2,1H3,(H,35,36). The van der Waals surface area contributed by atoms with Gasteiger partial charge in [0.25, 0.3) is 0 Å². The van der Waals surface area contributed by atoms with Crippen LogP contribution in [0, 0.1) is 0 Å². The summed E-state index contributed by atoms with van der Waals surface area (Å²) in [5.41, 5.74) is 5.82. The molecule has 2 aliphatic heterocycles. The minimum atomic E-state index is -0.128. The first-order valence-electron chi connectivity index (χ1n) is 14.1. The summed E-state index contributed by atoms with van der Waals surface area (Å²) >= 11 is 0. The van der Waals surface area contributed by atoms with E-state index in [0.717, 1.165) is 71.3 Å². The summed E-state index contributed by atoms with van der Waals surface area (Å²) < 4.78 is 5.46. The molecule has 6 nitrogen and oxygen atoms in total. The van der Waals surface area contributed by atoms with Gasteiger partial charge in [-0.2, -0.15) is 0 Å². The van der Waals surface area contributed by atoms with Crippen molar-refractivity contribution in [2.24, 2.45) is 4.99 Å². The van der Waals surface area contributed by atoms with Gasteiger partial charge in [-0.3, -0.25) is 9.89 Å². The summed E-state index contributed by atoms with van der Waals surface area (Å²) in [6, 6.07) is 33.8. The third kappa shape index (κ3) is 4.87. The molecular formula is C34H33N5O. The Bertz CT molecular complexity index is 1700. The van der Waals surface area contributed by atoms with Crippen LogP contribution in [-0.2, 0) is 6.54 Å². The van der Waals surface area contributed by atoms with Gasteiger partial charge in [-0.05, 0) is 79.5 Å². The number of aromatic amines is 1. The highest BCUT2D eigenvalue weighted by Crippen LogP contribution is 2.31. The lowest BCUT2D eigenvalue weighted by Crippen LogP contribution is -2.38. The number of anilines is 1. The molecule has 5 aromatic rings. The van der Waals surface area contributed by atoms with E-state index >= 15 is 0 Å². The number of ether oxygens (including phenoxy) is 1. The maximum absolute atomic E-state index is 5.46. The van der Waals surface area contributed by atoms with Crippen LogP contribution < -0.4 is 20.2 Å². The number of rotatable bonds is 6. The third-order valence-electron chi connectivity index (χ3n) is 8.16. The van der Waals surface area contributed by atoms with Crippen molar-refractivity contribution < 1.29 is 4.74 Å². The fourth-order valence-corrected chi connectivity index (χ4v) is 5.93. The second kappa shape index (κ2) is 10.6. The zero-order valence-electron chi connectivity index (χ0n) is 22.7. The molecule has 7 rings (SSSR count). The zero-order chi connectivity index (χ0) is 26.9. The summed E-state index contributed by atoms with van der Waals surface area (Å²) in [5.74, 6) is 2.48. The molecule has 1 atom stereocenters. The van der Waals surface area contributed by atoms with Crippen molar-refractivity contribution in [3.05, 3.63) is 125 Å². The van der Waals surface area contributed by atoms with Crippen LogP contribution in [0.5, 0.6) is 5.75 Å². The Kier molecular flexibility index (Phi) is 6.54. The topological polar surface area (TPSA) is 56.8 Å². The smallest absolute Gasteiger partial charge is 0.151 e. The summed E-state index contributed by atoms with van der Waals surface area (Å²) in [5, 5.41) is 2.04. The average molecular weight is 528 g/mol. The highest BCUT2D eigenvalue weighted by atomic mass is 16.5. The minimum absolute atomic E-state index is 0.128. The second-order valence-corrected chi connectivity index (χ2v) is 10.7. The van der Waals surface area contributed by atoms with Crippen LogP contribution in [0.15, 0.2) is 102 Å². The molecule has 0 saturated carbocycles. The SMILES string of the molecule is COc1ccc2c(c1)=CN(c1ccccc1)C(c1ccc(CN3CCC(c4nc5ccccc5[nH]4)CC3)cc1)N=2. The molecule has 4 aromatic carbocycles. The molecule has 1 fully saturated rings. The van der Waals surface area contributed by atoms with Crippen LogP contribution >= 0.6 is 0 Å². The molecule has 0 spiro atoms. The van der Waals surface area contributed by atoms with Crippen molar-refractivity contribution in [1.82, 2.24) is 14.9 Å². The van der Waals surface area contributed by atoms with Gasteiger partial charge in [0.2, 0.25) is 0 Å². The van der Waals surface area contributed by atoms with Gasteiger partial charge in [0, 0.05) is 29.6 Å². The normalized spacial score (nSPS) is 17.7. The van der Waals surface area contributed by atoms with Gasteiger partial charge < -0.3 is 14.6 Å². The van der Waals surface area contributed by atoms with E-state index in [1.54, 1.807) is 7.11 Å². The Labute approximate surface area is 234 Å². The van der Waals surface area contributed by atoms with Crippen molar-refractivity contribution in [3.8, 4) is 5.75 Å². The van der Waals surface area contributed by atoms with Crippen LogP contribution in [0.3, 0.4) is 0 Å². The van der Waals surface area contributed by atoms with Crippen LogP contribution in [0.4, 0.5) is 5.69 Å². The number of piperidine rings is 1. The molecule has 1 unspecified atom stereocenters. The maximum atomic E-state index is 5.46. The molecule has 1 aromatic heterocycles. The molecule has 0 radical (unpaired) electrons. The number of hydrogen-bond donors (Lipinski definition) is 1. The molecule has 40 heavy (non-hydrogen) atoms. The number of imidazole rings is 1. The van der Waals surface area contributed by atoms with Crippen LogP contribution in [0.25, 0.3) is 17.2 Å². The van der Waals surface area contributed by atoms with Crippen LogP contribution in [-0.4, -0.2) is 35.1 Å². The van der Waals surface area contributed by atoms with E-state index in [1.165, 1.54) is 11.1 Å². The van der Waals surface area contributed by atoms with Gasteiger partial charge in [0.05, 0.1) is 23.5 Å². The van der Waals surface area contributed by atoms with E-state index in [4.69, 9.17) is 14.7 Å². The van der Waals surface area contributed by atoms with Gasteiger partial charge in [0.15, 0.2) is 6.17 Å². The lowest BCUT2D eigenvalue weighted by molar-refractivity contribution is 0.202. The Morgan fingerprint density at radius 2 is 1.65 bits per heavy atom. The van der Waals surface area contributed by atoms with Crippen molar-refractivity contribution in [2.45, 2.75) is 31.5 Å². The average Bonchev–Trinajstić information content (AvgIpc) is 3.46. The summed E-state index contributed by atoms with van der Waals surface area (Å²) in [6.45, 7) is 3.13. The minimum Gasteiger partial charge on any atom is -0.497 e. The monoisotopic (exact) mass is 527 g/mol. The molecule has 200 valence electrons. The van der Waals surface area contributed by atoms with Crippen LogP contribution in [0.2, 0.25) is 0 Å². The molecule has 0 bridgehead atoms. The third-order valence-corrected chi connectivity index (χ3v) is 8.16. The van der Waals surface area contributed by atoms with Gasteiger partial charge in [0.1, 0.15) is 11.6 Å². The number of aromatic nitrogens is 2. The number of methoxy groups -OCH3 is 1. The first-order valence-corrected chi connectivity index (χ1v) is 14.1. The summed E-state index contributed by atoms with van der Waals surface area (Å²) in [4.78, 5) is 18.4. The van der Waals surface area contributed by atoms with Gasteiger partial charge in [-0.1, -0.05) is 54.6 Å². The van der Waals surface area contributed by atoms with E-state index in [0.29, 0.717) is 5.92 Å². The number of likely N-dealkylation sites (tertiary alicyclic amines) is 1. The van der Waals surface area contributed by atoms with E-state index in [2.05, 4.69) is 93.8 Å². The number of hydrogen-bond acceptors (Lipinski definition) is 5. The van der Waals surface area contributed by atoms with E-state index in [-0.39, 0.29) is 6.17 Å². The van der Waals surface area contributed by atoms with Crippen molar-refractivity contribution in [1.29, 1.82) is 0 Å². The number of nitrogens with one attached hydrogen (secondary N) is 1. The lowest BCUT2D eigenvalue weighted by atomic mass is 9.95. The quantitative estimate of drug-likeness (QED) is 0.316. The fourth-order valence-electron chi connectivity index (χ4n) is 5.93. The van der Waals surface area contributed by atoms with E-state index < -0.39 is 0 Å². The van der Waals surface area contributed by atoms with Crippen molar-refractivity contribution >= 4 is 22.9 Å². The van der Waals surface area contributed by atoms with Gasteiger partial charge >= 0.3 is 0 Å². The number of para-hydroxylation sites is 3. The Balaban J connectivity index is 1.07. The molecule has 3 heterocycles. The molecule has 0 amide bonds. The number of fused-ring (bicyclic) bond motifs is 2. The molecule has 1 saturated heterocycles. The van der Waals surface area contributed by atoms with E-state index in [9.17, 15) is 0 Å². The molecule has 0 aliphatic carbocycles. The largest absolute Gasteiger partial charge is 0.497 e. The zero-order valence-corrected chi connectivity index (χ0v) is 22.7. The predicted molar refractivity (Wildman–Crippen MR) is 160 cm³/mol. The Morgan fingerprint density at radius 3 is 2.42 bits per heavy atom. The number of nitrogens with zero attached hydrogens (tertiary/aromatic N) is 4. The van der Waals surface area contributed by atoms with Gasteiger partial charge in [-0.25, -0.2) is 4.98 Å². The fraction of sp³-hybridized carbons (Fsp3) is 0.235. The summed E-state index contributed by atoms with van der Waals surface area (Å²) in [6.07, 6.45) is 4.32. The maximum Gasteiger partial charge on any atom is 0.151 e. The molecule has 2 aliphatic rings. The van der Waals surface area contributed by atoms with Gasteiger partial charge in [-0.15, -0.1) is 0 Å². The first-order chi connectivity index (χ1) is 19.7. The lowest BCUT2D eigenvalue weighted by Gasteiger charge is -2.32. The molecular weight excluding hydrogens is 494 g/mol. The summed E-state index contributed by atoms with van der Waals surface area (Å²) in [7, 11) is 1.70. The molecule has 6 heteroatoms. The Hall–Kier alpha value is -4.42.